The SMILES string of the molecule is C=CCC(=C)OCCO. The van der Waals surface area contributed by atoms with Crippen LogP contribution in [0, 0.1) is 0 Å². The lowest BCUT2D eigenvalue weighted by Gasteiger charge is -2.03. The van der Waals surface area contributed by atoms with Gasteiger partial charge in [-0.15, -0.1) is 6.58 Å². The first kappa shape index (κ1) is 8.24. The van der Waals surface area contributed by atoms with Gasteiger partial charge in [0.2, 0.25) is 0 Å². The first-order chi connectivity index (χ1) is 4.31. The van der Waals surface area contributed by atoms with Crippen LogP contribution in [0.15, 0.2) is 25.0 Å². The van der Waals surface area contributed by atoms with Gasteiger partial charge in [0.15, 0.2) is 0 Å². The summed E-state index contributed by atoms with van der Waals surface area (Å²) in [5.74, 6) is 0.652. The molecule has 0 saturated carbocycles. The van der Waals surface area contributed by atoms with Gasteiger partial charge in [-0.05, 0) is 0 Å². The molecule has 0 radical (unpaired) electrons. The lowest BCUT2D eigenvalue weighted by atomic mass is 10.4. The van der Waals surface area contributed by atoms with Crippen molar-refractivity contribution in [3.8, 4) is 0 Å². The van der Waals surface area contributed by atoms with Crippen molar-refractivity contribution >= 4 is 0 Å². The van der Waals surface area contributed by atoms with E-state index < -0.39 is 0 Å². The predicted octanol–water partition coefficient (Wildman–Crippen LogP) is 1.09. The van der Waals surface area contributed by atoms with Gasteiger partial charge >= 0.3 is 0 Å². The average Bonchev–Trinajstić information content (AvgIpc) is 1.85. The van der Waals surface area contributed by atoms with E-state index in [9.17, 15) is 0 Å². The summed E-state index contributed by atoms with van der Waals surface area (Å²) in [6, 6.07) is 0. The third kappa shape index (κ3) is 5.11. The first-order valence-corrected chi connectivity index (χ1v) is 2.83. The molecule has 0 aliphatic rings. The van der Waals surface area contributed by atoms with Gasteiger partial charge < -0.3 is 9.84 Å². The predicted molar refractivity (Wildman–Crippen MR) is 37.0 cm³/mol. The normalized spacial score (nSPS) is 8.56. The molecule has 9 heavy (non-hydrogen) atoms. The van der Waals surface area contributed by atoms with Crippen molar-refractivity contribution in [2.45, 2.75) is 6.42 Å². The molecular formula is C7H12O2. The van der Waals surface area contributed by atoms with Crippen LogP contribution in [0.3, 0.4) is 0 Å². The number of aliphatic hydroxyl groups is 1. The quantitative estimate of drug-likeness (QED) is 0.443. The van der Waals surface area contributed by atoms with Gasteiger partial charge in [0.05, 0.1) is 12.4 Å². The van der Waals surface area contributed by atoms with Crippen molar-refractivity contribution in [1.82, 2.24) is 0 Å². The molecule has 0 aromatic heterocycles. The van der Waals surface area contributed by atoms with Crippen LogP contribution in [0.4, 0.5) is 0 Å². The zero-order valence-corrected chi connectivity index (χ0v) is 5.47. The van der Waals surface area contributed by atoms with Gasteiger partial charge in [-0.2, -0.15) is 0 Å². The Balaban J connectivity index is 3.16. The summed E-state index contributed by atoms with van der Waals surface area (Å²) in [5.41, 5.74) is 0. The average molecular weight is 128 g/mol. The van der Waals surface area contributed by atoms with E-state index in [1.807, 2.05) is 0 Å². The monoisotopic (exact) mass is 128 g/mol. The van der Waals surface area contributed by atoms with Gasteiger partial charge in [0.25, 0.3) is 0 Å². The highest BCUT2D eigenvalue weighted by Gasteiger charge is 1.87. The first-order valence-electron chi connectivity index (χ1n) is 2.83. The van der Waals surface area contributed by atoms with E-state index in [-0.39, 0.29) is 6.61 Å². The van der Waals surface area contributed by atoms with E-state index in [4.69, 9.17) is 9.84 Å². The molecule has 0 aliphatic heterocycles. The highest BCUT2D eigenvalue weighted by molar-refractivity contribution is 4.90. The lowest BCUT2D eigenvalue weighted by molar-refractivity contribution is 0.143. The molecular weight excluding hydrogens is 116 g/mol. The number of allylic oxidation sites excluding steroid dienone is 1. The third-order valence-electron chi connectivity index (χ3n) is 0.769. The highest BCUT2D eigenvalue weighted by Crippen LogP contribution is 1.98. The molecule has 1 N–H and O–H groups in total. The molecule has 0 amide bonds. The third-order valence-corrected chi connectivity index (χ3v) is 0.769. The number of hydrogen-bond donors (Lipinski definition) is 1. The standard InChI is InChI=1S/C7H12O2/c1-3-4-7(2)9-6-5-8/h3,8H,1-2,4-6H2. The molecule has 0 saturated heterocycles. The Morgan fingerprint density at radius 3 is 2.78 bits per heavy atom. The second-order valence-corrected chi connectivity index (χ2v) is 1.60. The van der Waals surface area contributed by atoms with Gasteiger partial charge in [0, 0.05) is 6.42 Å². The fraction of sp³-hybridized carbons (Fsp3) is 0.429. The van der Waals surface area contributed by atoms with E-state index in [2.05, 4.69) is 13.2 Å². The maximum absolute atomic E-state index is 8.29. The summed E-state index contributed by atoms with van der Waals surface area (Å²) >= 11 is 0. The molecule has 2 nitrogen and oxygen atoms in total. The van der Waals surface area contributed by atoms with Gasteiger partial charge in [-0.3, -0.25) is 0 Å². The van der Waals surface area contributed by atoms with Crippen molar-refractivity contribution in [3.63, 3.8) is 0 Å². The Morgan fingerprint density at radius 2 is 2.33 bits per heavy atom. The second-order valence-electron chi connectivity index (χ2n) is 1.60. The highest BCUT2D eigenvalue weighted by atomic mass is 16.5. The molecule has 0 aliphatic carbocycles. The van der Waals surface area contributed by atoms with E-state index in [1.165, 1.54) is 0 Å². The zero-order chi connectivity index (χ0) is 7.11. The summed E-state index contributed by atoms with van der Waals surface area (Å²) < 4.78 is 4.92. The summed E-state index contributed by atoms with van der Waals surface area (Å²) in [6.45, 7) is 7.45. The summed E-state index contributed by atoms with van der Waals surface area (Å²) in [6.07, 6.45) is 2.36. The zero-order valence-electron chi connectivity index (χ0n) is 5.47. The van der Waals surface area contributed by atoms with Crippen molar-refractivity contribution in [2.75, 3.05) is 13.2 Å². The Bertz CT molecular complexity index is 97.1. The van der Waals surface area contributed by atoms with Crippen molar-refractivity contribution in [3.05, 3.63) is 25.0 Å². The summed E-state index contributed by atoms with van der Waals surface area (Å²) in [5, 5.41) is 8.29. The van der Waals surface area contributed by atoms with Gasteiger partial charge in [-0.25, -0.2) is 0 Å². The lowest BCUT2D eigenvalue weighted by Crippen LogP contribution is -1.97. The number of hydrogen-bond acceptors (Lipinski definition) is 2. The van der Waals surface area contributed by atoms with Gasteiger partial charge in [-0.1, -0.05) is 12.7 Å². The van der Waals surface area contributed by atoms with Crippen LogP contribution in [0.25, 0.3) is 0 Å². The Morgan fingerprint density at radius 1 is 1.67 bits per heavy atom. The number of ether oxygens (including phenoxy) is 1. The van der Waals surface area contributed by atoms with E-state index >= 15 is 0 Å². The van der Waals surface area contributed by atoms with Crippen LogP contribution < -0.4 is 0 Å². The van der Waals surface area contributed by atoms with Crippen molar-refractivity contribution in [1.29, 1.82) is 0 Å². The fourth-order valence-electron chi connectivity index (χ4n) is 0.410. The van der Waals surface area contributed by atoms with Crippen LogP contribution in [0.1, 0.15) is 6.42 Å². The summed E-state index contributed by atoms with van der Waals surface area (Å²) in [4.78, 5) is 0. The largest absolute Gasteiger partial charge is 0.496 e. The molecule has 0 spiro atoms. The minimum atomic E-state index is 0.0379. The topological polar surface area (TPSA) is 29.5 Å². The second kappa shape index (κ2) is 5.38. The van der Waals surface area contributed by atoms with Crippen LogP contribution >= 0.6 is 0 Å². The van der Waals surface area contributed by atoms with E-state index in [1.54, 1.807) is 6.08 Å². The fourth-order valence-corrected chi connectivity index (χ4v) is 0.410. The van der Waals surface area contributed by atoms with E-state index in [0.717, 1.165) is 0 Å². The van der Waals surface area contributed by atoms with E-state index in [0.29, 0.717) is 18.8 Å². The number of aliphatic hydroxyl groups excluding tert-OH is 1. The molecule has 0 atom stereocenters. The van der Waals surface area contributed by atoms with Gasteiger partial charge in [0.1, 0.15) is 6.61 Å². The van der Waals surface area contributed by atoms with Crippen LogP contribution in [-0.4, -0.2) is 18.3 Å². The Kier molecular flexibility index (Phi) is 4.92. The smallest absolute Gasteiger partial charge is 0.111 e. The molecule has 2 heteroatoms. The minimum Gasteiger partial charge on any atom is -0.496 e. The molecule has 0 aromatic carbocycles. The van der Waals surface area contributed by atoms with Crippen LogP contribution in [0.5, 0.6) is 0 Å². The molecule has 0 bridgehead atoms. The maximum atomic E-state index is 8.29. The molecule has 0 heterocycles. The Hall–Kier alpha value is -0.760. The molecule has 0 rings (SSSR count). The molecule has 0 aromatic rings. The minimum absolute atomic E-state index is 0.0379. The maximum Gasteiger partial charge on any atom is 0.111 e. The van der Waals surface area contributed by atoms with Crippen LogP contribution in [-0.2, 0) is 4.74 Å². The molecule has 0 unspecified atom stereocenters. The summed E-state index contributed by atoms with van der Waals surface area (Å²) in [7, 11) is 0. The van der Waals surface area contributed by atoms with Crippen molar-refractivity contribution in [2.24, 2.45) is 0 Å². The number of rotatable bonds is 5. The molecule has 0 fully saturated rings. The van der Waals surface area contributed by atoms with Crippen LogP contribution in [0.2, 0.25) is 0 Å². The van der Waals surface area contributed by atoms with Crippen molar-refractivity contribution < 1.29 is 9.84 Å². The Labute approximate surface area is 55.5 Å². The molecule has 52 valence electrons.